The van der Waals surface area contributed by atoms with Gasteiger partial charge in [-0.25, -0.2) is 0 Å². The van der Waals surface area contributed by atoms with Gasteiger partial charge < -0.3 is 10.2 Å². The predicted molar refractivity (Wildman–Crippen MR) is 70.3 cm³/mol. The lowest BCUT2D eigenvalue weighted by Gasteiger charge is -2.44. The Morgan fingerprint density at radius 3 is 2.65 bits per heavy atom. The Bertz CT molecular complexity index is 561. The highest BCUT2D eigenvalue weighted by atomic mass is 16.2. The normalized spacial score (nSPS) is 25.8. The van der Waals surface area contributed by atoms with Crippen molar-refractivity contribution < 1.29 is 9.59 Å². The third-order valence-corrected chi connectivity index (χ3v) is 4.11. The summed E-state index contributed by atoms with van der Waals surface area (Å²) in [7, 11) is 1.78. The molecule has 20 heavy (non-hydrogen) atoms. The zero-order chi connectivity index (χ0) is 14.5. The first-order chi connectivity index (χ1) is 9.39. The van der Waals surface area contributed by atoms with Crippen LogP contribution in [0, 0.1) is 5.92 Å². The molecule has 7 heteroatoms. The number of hydrogen-bond donors (Lipinski definition) is 1. The molecule has 2 fully saturated rings. The van der Waals surface area contributed by atoms with Crippen LogP contribution >= 0.6 is 0 Å². The Morgan fingerprint density at radius 2 is 2.10 bits per heavy atom. The molecule has 0 aromatic carbocycles. The number of aromatic nitrogens is 3. The van der Waals surface area contributed by atoms with Crippen LogP contribution in [-0.2, 0) is 23.2 Å². The van der Waals surface area contributed by atoms with Crippen molar-refractivity contribution in [1.29, 1.82) is 0 Å². The third-order valence-electron chi connectivity index (χ3n) is 4.11. The van der Waals surface area contributed by atoms with Crippen molar-refractivity contribution in [1.82, 2.24) is 25.2 Å². The first-order valence-electron chi connectivity index (χ1n) is 6.87. The lowest BCUT2D eigenvalue weighted by molar-refractivity contribution is -0.156. The molecule has 1 N–H and O–H groups in total. The highest BCUT2D eigenvalue weighted by Gasteiger charge is 2.50. The number of rotatable bonds is 3. The molecule has 108 valence electrons. The minimum atomic E-state index is -0.861. The van der Waals surface area contributed by atoms with Crippen molar-refractivity contribution in [3.63, 3.8) is 0 Å². The molecule has 1 saturated carbocycles. The van der Waals surface area contributed by atoms with Crippen LogP contribution in [0.2, 0.25) is 0 Å². The van der Waals surface area contributed by atoms with Crippen molar-refractivity contribution >= 4 is 11.8 Å². The van der Waals surface area contributed by atoms with E-state index in [0.717, 1.165) is 12.8 Å². The van der Waals surface area contributed by atoms with Gasteiger partial charge in [0.15, 0.2) is 0 Å². The Morgan fingerprint density at radius 1 is 1.40 bits per heavy atom. The van der Waals surface area contributed by atoms with Crippen LogP contribution in [0.25, 0.3) is 0 Å². The smallest absolute Gasteiger partial charge is 0.246 e. The molecule has 2 heterocycles. The SMILES string of the molecule is Cn1cc(CN2C(=O)C(C3CC3)NC(=O)C2(C)C)nn1. The van der Waals surface area contributed by atoms with Gasteiger partial charge in [-0.2, -0.15) is 0 Å². The number of aryl methyl sites for hydroxylation is 1. The van der Waals surface area contributed by atoms with Crippen LogP contribution in [0.15, 0.2) is 6.20 Å². The lowest BCUT2D eigenvalue weighted by atomic mass is 9.94. The molecule has 0 radical (unpaired) electrons. The Kier molecular flexibility index (Phi) is 2.81. The van der Waals surface area contributed by atoms with Gasteiger partial charge in [0.1, 0.15) is 17.3 Å². The number of amides is 2. The third kappa shape index (κ3) is 2.07. The van der Waals surface area contributed by atoms with E-state index in [2.05, 4.69) is 15.6 Å². The fraction of sp³-hybridized carbons (Fsp3) is 0.692. The standard InChI is InChI=1S/C13H19N5O2/c1-13(2)12(20)14-10(8-4-5-8)11(19)18(13)7-9-6-17(3)16-15-9/h6,8,10H,4-5,7H2,1-3H3,(H,14,20). The van der Waals surface area contributed by atoms with Gasteiger partial charge in [0.05, 0.1) is 6.54 Å². The average Bonchev–Trinajstić information content (AvgIpc) is 3.13. The summed E-state index contributed by atoms with van der Waals surface area (Å²) in [4.78, 5) is 26.5. The monoisotopic (exact) mass is 277 g/mol. The van der Waals surface area contributed by atoms with Gasteiger partial charge in [0, 0.05) is 13.2 Å². The van der Waals surface area contributed by atoms with Gasteiger partial charge in [0.2, 0.25) is 11.8 Å². The molecule has 1 aliphatic carbocycles. The Hall–Kier alpha value is -1.92. The number of nitrogens with zero attached hydrogens (tertiary/aromatic N) is 4. The summed E-state index contributed by atoms with van der Waals surface area (Å²) >= 11 is 0. The molecular formula is C13H19N5O2. The minimum absolute atomic E-state index is 0.0113. The van der Waals surface area contributed by atoms with Crippen LogP contribution in [0.1, 0.15) is 32.4 Å². The molecule has 1 atom stereocenters. The molecule has 0 spiro atoms. The van der Waals surface area contributed by atoms with Crippen molar-refractivity contribution in [3.05, 3.63) is 11.9 Å². The first kappa shape index (κ1) is 13.1. The van der Waals surface area contributed by atoms with E-state index in [1.54, 1.807) is 36.7 Å². The van der Waals surface area contributed by atoms with Gasteiger partial charge in [-0.15, -0.1) is 5.10 Å². The summed E-state index contributed by atoms with van der Waals surface area (Å²) in [6.07, 6.45) is 3.79. The lowest BCUT2D eigenvalue weighted by Crippen LogP contribution is -2.68. The second-order valence-electron chi connectivity index (χ2n) is 6.16. The van der Waals surface area contributed by atoms with Gasteiger partial charge in [-0.05, 0) is 32.6 Å². The minimum Gasteiger partial charge on any atom is -0.342 e. The summed E-state index contributed by atoms with van der Waals surface area (Å²) < 4.78 is 1.59. The Labute approximate surface area is 117 Å². The molecular weight excluding hydrogens is 258 g/mol. The van der Waals surface area contributed by atoms with Crippen LogP contribution < -0.4 is 5.32 Å². The van der Waals surface area contributed by atoms with E-state index < -0.39 is 5.54 Å². The molecule has 2 amide bonds. The van der Waals surface area contributed by atoms with E-state index in [4.69, 9.17) is 0 Å². The first-order valence-corrected chi connectivity index (χ1v) is 6.87. The number of carbonyl (C=O) groups excluding carboxylic acids is 2. The maximum Gasteiger partial charge on any atom is 0.246 e. The van der Waals surface area contributed by atoms with E-state index >= 15 is 0 Å². The molecule has 2 aliphatic rings. The summed E-state index contributed by atoms with van der Waals surface area (Å²) in [5, 5.41) is 10.7. The van der Waals surface area contributed by atoms with E-state index in [9.17, 15) is 9.59 Å². The predicted octanol–water partition coefficient (Wildman–Crippen LogP) is -0.169. The van der Waals surface area contributed by atoms with Crippen LogP contribution in [0.5, 0.6) is 0 Å². The number of carbonyl (C=O) groups is 2. The largest absolute Gasteiger partial charge is 0.342 e. The highest BCUT2D eigenvalue weighted by molar-refractivity contribution is 5.99. The quantitative estimate of drug-likeness (QED) is 0.832. The van der Waals surface area contributed by atoms with Gasteiger partial charge in [-0.3, -0.25) is 14.3 Å². The highest BCUT2D eigenvalue weighted by Crippen LogP contribution is 2.37. The summed E-state index contributed by atoms with van der Waals surface area (Å²) in [5.41, 5.74) is -0.168. The van der Waals surface area contributed by atoms with E-state index in [0.29, 0.717) is 18.2 Å². The summed E-state index contributed by atoms with van der Waals surface area (Å²) in [6.45, 7) is 3.84. The number of nitrogens with one attached hydrogen (secondary N) is 1. The van der Waals surface area contributed by atoms with Crippen LogP contribution in [0.3, 0.4) is 0 Å². The molecule has 1 aromatic rings. The van der Waals surface area contributed by atoms with Crippen molar-refractivity contribution in [3.8, 4) is 0 Å². The summed E-state index contributed by atoms with van der Waals surface area (Å²) in [5.74, 6) is 0.188. The van der Waals surface area contributed by atoms with Crippen molar-refractivity contribution in [2.75, 3.05) is 0 Å². The Balaban J connectivity index is 1.87. The zero-order valence-corrected chi connectivity index (χ0v) is 12.0. The number of piperazine rings is 1. The van der Waals surface area contributed by atoms with Gasteiger partial charge >= 0.3 is 0 Å². The van der Waals surface area contributed by atoms with Gasteiger partial charge in [-0.1, -0.05) is 5.21 Å². The number of hydrogen-bond acceptors (Lipinski definition) is 4. The molecule has 1 unspecified atom stereocenters. The molecule has 3 rings (SSSR count). The maximum absolute atomic E-state index is 12.6. The van der Waals surface area contributed by atoms with Gasteiger partial charge in [0.25, 0.3) is 0 Å². The van der Waals surface area contributed by atoms with Crippen molar-refractivity contribution in [2.45, 2.75) is 44.8 Å². The van der Waals surface area contributed by atoms with Crippen LogP contribution in [-0.4, -0.2) is 43.3 Å². The molecule has 7 nitrogen and oxygen atoms in total. The molecule has 1 saturated heterocycles. The fourth-order valence-electron chi connectivity index (χ4n) is 2.60. The van der Waals surface area contributed by atoms with Crippen LogP contribution in [0.4, 0.5) is 0 Å². The maximum atomic E-state index is 12.6. The van der Waals surface area contributed by atoms with E-state index in [1.807, 2.05) is 0 Å². The van der Waals surface area contributed by atoms with E-state index in [1.165, 1.54) is 0 Å². The molecule has 1 aliphatic heterocycles. The second-order valence-corrected chi connectivity index (χ2v) is 6.16. The topological polar surface area (TPSA) is 80.1 Å². The molecule has 0 bridgehead atoms. The second kappa shape index (κ2) is 4.29. The van der Waals surface area contributed by atoms with Crippen molar-refractivity contribution in [2.24, 2.45) is 13.0 Å². The zero-order valence-electron chi connectivity index (χ0n) is 12.0. The molecule has 1 aromatic heterocycles. The van der Waals surface area contributed by atoms with E-state index in [-0.39, 0.29) is 17.9 Å². The average molecular weight is 277 g/mol. The fourth-order valence-corrected chi connectivity index (χ4v) is 2.60. The summed E-state index contributed by atoms with van der Waals surface area (Å²) in [6, 6.07) is -0.368.